The number of anilines is 1. The number of hydrogen-bond acceptors (Lipinski definition) is 8. The minimum absolute atomic E-state index is 0.161. The zero-order valence-electron chi connectivity index (χ0n) is 22.5. The summed E-state index contributed by atoms with van der Waals surface area (Å²) in [4.78, 5) is 29.8. The first-order valence-electron chi connectivity index (χ1n) is 12.5. The third-order valence-corrected chi connectivity index (χ3v) is 5.70. The van der Waals surface area contributed by atoms with E-state index >= 15 is 0 Å². The van der Waals surface area contributed by atoms with Crippen LogP contribution in [0.4, 0.5) is 27.8 Å². The Labute approximate surface area is 217 Å². The highest BCUT2D eigenvalue weighted by Gasteiger charge is 2.40. The average molecular weight is 553 g/mol. The van der Waals surface area contributed by atoms with E-state index in [0.29, 0.717) is 12.8 Å². The topological polar surface area (TPSA) is 179 Å². The van der Waals surface area contributed by atoms with Crippen molar-refractivity contribution in [1.82, 2.24) is 15.3 Å². The largest absolute Gasteiger partial charge is 0.490 e. The van der Waals surface area contributed by atoms with Gasteiger partial charge >= 0.3 is 12.1 Å². The van der Waals surface area contributed by atoms with Gasteiger partial charge in [-0.3, -0.25) is 4.79 Å². The zero-order valence-corrected chi connectivity index (χ0v) is 19.5. The van der Waals surface area contributed by atoms with E-state index in [2.05, 4.69) is 15.3 Å². The molecule has 2 aromatic rings. The maximum atomic E-state index is 13.5. The number of nitrogens with one attached hydrogen (secondary N) is 1. The molecular formula is C23H27F5N4O6. The molecule has 1 heterocycles. The average Bonchev–Trinajstić information content (AvgIpc) is 2.88. The molecule has 0 radical (unpaired) electrons. The number of benzene rings is 1. The van der Waals surface area contributed by atoms with Gasteiger partial charge in [-0.05, 0) is 36.9 Å². The number of rotatable bonds is 6. The van der Waals surface area contributed by atoms with E-state index in [4.69, 9.17) is 19.7 Å². The van der Waals surface area contributed by atoms with Crippen molar-refractivity contribution >= 4 is 17.7 Å². The van der Waals surface area contributed by atoms with Crippen molar-refractivity contribution < 1.29 is 56.1 Å². The number of aliphatic hydroxyl groups excluding tert-OH is 2. The van der Waals surface area contributed by atoms with E-state index in [1.54, 1.807) is 0 Å². The number of aryl methyl sites for hydroxylation is 1. The summed E-state index contributed by atoms with van der Waals surface area (Å²) in [5.74, 6) is -3.74. The number of alkyl halides is 5. The first-order valence-corrected chi connectivity index (χ1v) is 11.0. The number of carboxylic acid groups (broad SMARTS) is 1. The third kappa shape index (κ3) is 7.33. The van der Waals surface area contributed by atoms with E-state index in [1.807, 2.05) is 0 Å². The van der Waals surface area contributed by atoms with Crippen molar-refractivity contribution in [2.45, 2.75) is 62.9 Å². The Morgan fingerprint density at radius 1 is 1.26 bits per heavy atom. The molecule has 1 amide bonds. The van der Waals surface area contributed by atoms with Crippen molar-refractivity contribution in [1.29, 1.82) is 0 Å². The second-order valence-corrected chi connectivity index (χ2v) is 8.37. The molecule has 15 heteroatoms. The van der Waals surface area contributed by atoms with Crippen LogP contribution in [0.5, 0.6) is 0 Å². The van der Waals surface area contributed by atoms with E-state index in [9.17, 15) is 42.1 Å². The molecule has 1 fully saturated rings. The second-order valence-electron chi connectivity index (χ2n) is 8.37. The molecule has 0 bridgehead atoms. The molecule has 1 saturated carbocycles. The molecular weight excluding hydrogens is 523 g/mol. The highest BCUT2D eigenvalue weighted by molar-refractivity contribution is 5.97. The summed E-state index contributed by atoms with van der Waals surface area (Å²) in [5, 5.41) is 39.5. The number of aliphatic carboxylic acids is 1. The molecule has 0 unspecified atom stereocenters. The zero-order chi connectivity index (χ0) is 31.3. The molecule has 0 aliphatic heterocycles. The van der Waals surface area contributed by atoms with Gasteiger partial charge in [-0.1, -0.05) is 25.0 Å². The molecule has 210 valence electrons. The van der Waals surface area contributed by atoms with Crippen LogP contribution < -0.4 is 11.1 Å². The Balaban J connectivity index is 0.000000745. The van der Waals surface area contributed by atoms with Crippen LogP contribution in [-0.4, -0.2) is 73.6 Å². The summed E-state index contributed by atoms with van der Waals surface area (Å²) in [6, 6.07) is 2.46. The van der Waals surface area contributed by atoms with Gasteiger partial charge in [0.25, 0.3) is 12.3 Å². The fourth-order valence-corrected chi connectivity index (χ4v) is 3.52. The van der Waals surface area contributed by atoms with Gasteiger partial charge in [0.2, 0.25) is 0 Å². The molecule has 0 saturated heterocycles. The fourth-order valence-electron chi connectivity index (χ4n) is 3.52. The minimum Gasteiger partial charge on any atom is -0.475 e. The van der Waals surface area contributed by atoms with Gasteiger partial charge in [0, 0.05) is 9.68 Å². The molecule has 1 aliphatic rings. The number of halogens is 5. The maximum Gasteiger partial charge on any atom is 0.490 e. The number of hydrogen-bond donors (Lipinski definition) is 6. The molecule has 10 nitrogen and oxygen atoms in total. The highest BCUT2D eigenvalue weighted by atomic mass is 19.4. The Bertz CT molecular complexity index is 1250. The van der Waals surface area contributed by atoms with E-state index < -0.39 is 61.2 Å². The van der Waals surface area contributed by atoms with Crippen molar-refractivity contribution in [2.24, 2.45) is 0 Å². The lowest BCUT2D eigenvalue weighted by atomic mass is 9.91. The molecule has 38 heavy (non-hydrogen) atoms. The number of amides is 1. The van der Waals surface area contributed by atoms with Crippen molar-refractivity contribution in [3.05, 3.63) is 41.2 Å². The number of carbonyl (C=O) groups is 2. The van der Waals surface area contributed by atoms with Gasteiger partial charge < -0.3 is 31.5 Å². The smallest absolute Gasteiger partial charge is 0.475 e. The van der Waals surface area contributed by atoms with Crippen LogP contribution >= 0.6 is 0 Å². The summed E-state index contributed by atoms with van der Waals surface area (Å²) in [5.41, 5.74) is 1.45. The number of aliphatic hydroxyl groups is 3. The first-order chi connectivity index (χ1) is 18.8. The lowest BCUT2D eigenvalue weighted by molar-refractivity contribution is -0.192. The standard InChI is InChI=1S/C21H26F2N4O4.C2HF3O2/c1-11-6-7-12(21(31,10-28)20(22)23)8-13(11)15-9-25-18(24)17(26-15)19(30)27-14-4-2-3-5-16(14)29;3-2(4,5)1(6)7/h6-9,14,16,20,28-29,31H,2-5,10H2,1H3,(H2,24,25)(H,27,30);(H,6,7)/t14-,16-,21-;/m1./s1/i1D3;. The van der Waals surface area contributed by atoms with Crippen LogP contribution in [0, 0.1) is 6.85 Å². The molecule has 1 aromatic heterocycles. The molecule has 1 aliphatic carbocycles. The highest BCUT2D eigenvalue weighted by Crippen LogP contribution is 2.32. The number of carboxylic acids is 1. The Hall–Kier alpha value is -3.43. The Morgan fingerprint density at radius 3 is 2.42 bits per heavy atom. The summed E-state index contributed by atoms with van der Waals surface area (Å²) >= 11 is 0. The van der Waals surface area contributed by atoms with Gasteiger partial charge in [0.15, 0.2) is 17.1 Å². The van der Waals surface area contributed by atoms with E-state index in [1.165, 1.54) is 0 Å². The van der Waals surface area contributed by atoms with Crippen molar-refractivity contribution in [2.75, 3.05) is 12.3 Å². The maximum absolute atomic E-state index is 13.5. The van der Waals surface area contributed by atoms with Crippen LogP contribution in [-0.2, 0) is 10.4 Å². The van der Waals surface area contributed by atoms with Crippen LogP contribution in [0.15, 0.2) is 24.4 Å². The SMILES string of the molecule is O=C(O)C(F)(F)F.[2H]C([2H])([2H])c1ccc([C@](O)(CO)C(F)F)cc1-c1cnc(N)c(C(=O)N[C@@H]2CCCC[C@H]2O)n1. The minimum atomic E-state index is -5.08. The predicted molar refractivity (Wildman–Crippen MR) is 123 cm³/mol. The van der Waals surface area contributed by atoms with Gasteiger partial charge in [0.05, 0.1) is 30.6 Å². The summed E-state index contributed by atoms with van der Waals surface area (Å²) < 4.78 is 82.0. The lowest BCUT2D eigenvalue weighted by Gasteiger charge is -2.28. The molecule has 7 N–H and O–H groups in total. The van der Waals surface area contributed by atoms with Crippen molar-refractivity contribution in [3.8, 4) is 11.3 Å². The van der Waals surface area contributed by atoms with Gasteiger partial charge in [-0.15, -0.1) is 0 Å². The Kier molecular flexibility index (Phi) is 8.55. The first kappa shape index (κ1) is 26.2. The fraction of sp³-hybridized carbons (Fsp3) is 0.478. The summed E-state index contributed by atoms with van der Waals surface area (Å²) in [6.07, 6.45) is -5.38. The van der Waals surface area contributed by atoms with Gasteiger partial charge in [-0.25, -0.2) is 23.5 Å². The van der Waals surface area contributed by atoms with Gasteiger partial charge in [-0.2, -0.15) is 13.2 Å². The van der Waals surface area contributed by atoms with Crippen LogP contribution in [0.25, 0.3) is 11.3 Å². The number of nitrogens with two attached hydrogens (primary N) is 1. The number of carbonyl (C=O) groups excluding carboxylic acids is 1. The van der Waals surface area contributed by atoms with E-state index in [0.717, 1.165) is 37.2 Å². The van der Waals surface area contributed by atoms with Crippen LogP contribution in [0.2, 0.25) is 0 Å². The lowest BCUT2D eigenvalue weighted by Crippen LogP contribution is -2.45. The quantitative estimate of drug-likeness (QED) is 0.292. The van der Waals surface area contributed by atoms with Crippen LogP contribution in [0.1, 0.15) is 51.4 Å². The monoisotopic (exact) mass is 553 g/mol. The normalized spacial score (nSPS) is 20.7. The van der Waals surface area contributed by atoms with Crippen LogP contribution in [0.3, 0.4) is 0 Å². The Morgan fingerprint density at radius 2 is 1.89 bits per heavy atom. The number of nitrogen functional groups attached to an aromatic ring is 1. The summed E-state index contributed by atoms with van der Waals surface area (Å²) in [7, 11) is 0. The van der Waals surface area contributed by atoms with Crippen molar-refractivity contribution in [3.63, 3.8) is 0 Å². The van der Waals surface area contributed by atoms with E-state index in [-0.39, 0.29) is 28.3 Å². The number of nitrogens with zero attached hydrogens (tertiary/aromatic N) is 2. The second kappa shape index (κ2) is 12.4. The summed E-state index contributed by atoms with van der Waals surface area (Å²) in [6.45, 7) is -4.02. The third-order valence-electron chi connectivity index (χ3n) is 5.70. The number of aromatic nitrogens is 2. The van der Waals surface area contributed by atoms with Gasteiger partial charge in [0.1, 0.15) is 0 Å². The molecule has 0 spiro atoms. The molecule has 1 aromatic carbocycles. The predicted octanol–water partition coefficient (Wildman–Crippen LogP) is 2.15. The molecule has 3 rings (SSSR count). The molecule has 3 atom stereocenters.